The molecule has 2 fully saturated rings. The van der Waals surface area contributed by atoms with Crippen LogP contribution in [-0.2, 0) is 9.59 Å². The largest absolute Gasteiger partial charge is 0.476 e. The maximum Gasteiger partial charge on any atom is 0.265 e. The van der Waals surface area contributed by atoms with Crippen LogP contribution in [0.25, 0.3) is 0 Å². The fourth-order valence-electron chi connectivity index (χ4n) is 3.76. The Morgan fingerprint density at radius 3 is 2.50 bits per heavy atom. The van der Waals surface area contributed by atoms with Gasteiger partial charge in [-0.25, -0.2) is 0 Å². The minimum Gasteiger partial charge on any atom is -0.476 e. The number of piperidine rings is 1. The molecular weight excluding hydrogens is 304 g/mol. The quantitative estimate of drug-likeness (QED) is 0.838. The van der Waals surface area contributed by atoms with Crippen LogP contribution in [-0.4, -0.2) is 42.5 Å². The predicted molar refractivity (Wildman–Crippen MR) is 90.9 cm³/mol. The van der Waals surface area contributed by atoms with Gasteiger partial charge in [-0.1, -0.05) is 19.1 Å². The molecule has 128 valence electrons. The lowest BCUT2D eigenvalue weighted by atomic mass is 10.1. The van der Waals surface area contributed by atoms with Gasteiger partial charge in [0.05, 0.1) is 12.2 Å². The number of para-hydroxylation sites is 2. The van der Waals surface area contributed by atoms with Gasteiger partial charge < -0.3 is 14.5 Å². The van der Waals surface area contributed by atoms with E-state index in [0.29, 0.717) is 18.2 Å². The lowest BCUT2D eigenvalue weighted by molar-refractivity contribution is -0.139. The predicted octanol–water partition coefficient (Wildman–Crippen LogP) is 2.45. The Labute approximate surface area is 142 Å². The summed E-state index contributed by atoms with van der Waals surface area (Å²) >= 11 is 0. The Balaban J connectivity index is 1.57. The number of anilines is 1. The summed E-state index contributed by atoms with van der Waals surface area (Å²) in [4.78, 5) is 29.3. The Hall–Kier alpha value is -2.04. The zero-order chi connectivity index (χ0) is 16.7. The molecule has 0 unspecified atom stereocenters. The van der Waals surface area contributed by atoms with Crippen LogP contribution in [0.15, 0.2) is 24.3 Å². The highest BCUT2D eigenvalue weighted by Crippen LogP contribution is 2.42. The van der Waals surface area contributed by atoms with Crippen LogP contribution >= 0.6 is 0 Å². The first-order chi connectivity index (χ1) is 11.6. The van der Waals surface area contributed by atoms with Crippen LogP contribution in [0.4, 0.5) is 5.69 Å². The molecule has 4 rings (SSSR count). The van der Waals surface area contributed by atoms with Gasteiger partial charge in [0.25, 0.3) is 5.91 Å². The summed E-state index contributed by atoms with van der Waals surface area (Å²) in [5.41, 5.74) is 0.796. The molecule has 1 aliphatic carbocycles. The standard InChI is InChI=1S/C19H24N2O3/c1-13-11-14(13)18(22)21-12-17(19(23)20-9-5-2-6-10-20)24-16-8-4-3-7-15(16)21/h3-4,7-8,13-14,17H,2,5-6,9-12H2,1H3/t13-,14-,17+/m1/s1. The van der Waals surface area contributed by atoms with Gasteiger partial charge >= 0.3 is 0 Å². The van der Waals surface area contributed by atoms with E-state index in [9.17, 15) is 9.59 Å². The van der Waals surface area contributed by atoms with E-state index in [2.05, 4.69) is 6.92 Å². The fraction of sp³-hybridized carbons (Fsp3) is 0.579. The third-order valence-corrected chi connectivity index (χ3v) is 5.41. The minimum atomic E-state index is -0.587. The highest BCUT2D eigenvalue weighted by molar-refractivity contribution is 5.99. The van der Waals surface area contributed by atoms with Crippen LogP contribution in [0.1, 0.15) is 32.6 Å². The number of carbonyl (C=O) groups is 2. The zero-order valence-electron chi connectivity index (χ0n) is 14.1. The van der Waals surface area contributed by atoms with E-state index in [0.717, 1.165) is 38.0 Å². The highest BCUT2D eigenvalue weighted by atomic mass is 16.5. The monoisotopic (exact) mass is 328 g/mol. The Kier molecular flexibility index (Phi) is 3.94. The first kappa shape index (κ1) is 15.5. The number of amides is 2. The number of nitrogens with zero attached hydrogens (tertiary/aromatic N) is 2. The average molecular weight is 328 g/mol. The van der Waals surface area contributed by atoms with E-state index in [1.54, 1.807) is 4.90 Å². The van der Waals surface area contributed by atoms with Gasteiger partial charge in [0.1, 0.15) is 5.75 Å². The molecule has 0 spiro atoms. The van der Waals surface area contributed by atoms with Crippen molar-refractivity contribution in [2.24, 2.45) is 11.8 Å². The van der Waals surface area contributed by atoms with E-state index in [-0.39, 0.29) is 17.7 Å². The van der Waals surface area contributed by atoms with Crippen LogP contribution < -0.4 is 9.64 Å². The van der Waals surface area contributed by atoms with E-state index in [1.165, 1.54) is 6.42 Å². The molecular formula is C19H24N2O3. The third-order valence-electron chi connectivity index (χ3n) is 5.41. The number of benzene rings is 1. The van der Waals surface area contributed by atoms with Crippen LogP contribution in [0.5, 0.6) is 5.75 Å². The molecule has 1 aromatic carbocycles. The van der Waals surface area contributed by atoms with Gasteiger partial charge in [-0.05, 0) is 43.7 Å². The van der Waals surface area contributed by atoms with Crippen LogP contribution in [0.2, 0.25) is 0 Å². The summed E-state index contributed by atoms with van der Waals surface area (Å²) in [7, 11) is 0. The van der Waals surface area contributed by atoms with Gasteiger partial charge in [-0.2, -0.15) is 0 Å². The van der Waals surface area contributed by atoms with Crippen molar-refractivity contribution in [1.82, 2.24) is 4.90 Å². The number of hydrogen-bond acceptors (Lipinski definition) is 3. The number of likely N-dealkylation sites (tertiary alicyclic amines) is 1. The molecule has 0 radical (unpaired) electrons. The summed E-state index contributed by atoms with van der Waals surface area (Å²) < 4.78 is 5.97. The topological polar surface area (TPSA) is 49.9 Å². The summed E-state index contributed by atoms with van der Waals surface area (Å²) in [6.07, 6.45) is 3.65. The lowest BCUT2D eigenvalue weighted by Gasteiger charge is -2.37. The molecule has 2 amide bonds. The van der Waals surface area contributed by atoms with Gasteiger partial charge in [-0.3, -0.25) is 9.59 Å². The molecule has 5 heteroatoms. The molecule has 1 aromatic rings. The van der Waals surface area contributed by atoms with E-state index in [1.807, 2.05) is 29.2 Å². The molecule has 0 aromatic heterocycles. The Morgan fingerprint density at radius 2 is 1.79 bits per heavy atom. The van der Waals surface area contributed by atoms with Crippen molar-refractivity contribution in [3.05, 3.63) is 24.3 Å². The Bertz CT molecular complexity index is 654. The van der Waals surface area contributed by atoms with Crippen molar-refractivity contribution < 1.29 is 14.3 Å². The Morgan fingerprint density at radius 1 is 1.08 bits per heavy atom. The normalized spacial score (nSPS) is 28.8. The minimum absolute atomic E-state index is 0.0193. The molecule has 5 nitrogen and oxygen atoms in total. The maximum atomic E-state index is 12.8. The number of fused-ring (bicyclic) bond motifs is 1. The number of ether oxygens (including phenoxy) is 1. The van der Waals surface area contributed by atoms with Crippen molar-refractivity contribution in [2.75, 3.05) is 24.5 Å². The van der Waals surface area contributed by atoms with Gasteiger partial charge in [0, 0.05) is 19.0 Å². The fourth-order valence-corrected chi connectivity index (χ4v) is 3.76. The maximum absolute atomic E-state index is 12.8. The molecule has 0 bridgehead atoms. The van der Waals surface area contributed by atoms with Gasteiger partial charge in [0.15, 0.2) is 6.10 Å². The first-order valence-corrected chi connectivity index (χ1v) is 9.01. The van der Waals surface area contributed by atoms with Crippen LogP contribution in [0, 0.1) is 11.8 Å². The first-order valence-electron chi connectivity index (χ1n) is 9.01. The molecule has 24 heavy (non-hydrogen) atoms. The summed E-state index contributed by atoms with van der Waals surface area (Å²) in [6, 6.07) is 7.55. The van der Waals surface area contributed by atoms with Crippen molar-refractivity contribution in [3.8, 4) is 5.75 Å². The third kappa shape index (κ3) is 2.76. The molecule has 1 saturated carbocycles. The second kappa shape index (κ2) is 6.11. The molecule has 0 N–H and O–H groups in total. The number of carbonyl (C=O) groups excluding carboxylic acids is 2. The number of rotatable bonds is 2. The van der Waals surface area contributed by atoms with Crippen molar-refractivity contribution in [2.45, 2.75) is 38.7 Å². The second-order valence-corrected chi connectivity index (χ2v) is 7.23. The number of hydrogen-bond donors (Lipinski definition) is 0. The average Bonchev–Trinajstić information content (AvgIpc) is 3.37. The lowest BCUT2D eigenvalue weighted by Crippen LogP contribution is -2.53. The van der Waals surface area contributed by atoms with Crippen molar-refractivity contribution in [3.63, 3.8) is 0 Å². The zero-order valence-corrected chi connectivity index (χ0v) is 14.1. The molecule has 2 heterocycles. The molecule has 2 aliphatic heterocycles. The molecule has 3 aliphatic rings. The van der Waals surface area contributed by atoms with E-state index >= 15 is 0 Å². The summed E-state index contributed by atoms with van der Waals surface area (Å²) in [5.74, 6) is 1.34. The van der Waals surface area contributed by atoms with Crippen molar-refractivity contribution in [1.29, 1.82) is 0 Å². The van der Waals surface area contributed by atoms with Gasteiger partial charge in [-0.15, -0.1) is 0 Å². The highest BCUT2D eigenvalue weighted by Gasteiger charge is 2.45. The van der Waals surface area contributed by atoms with Crippen molar-refractivity contribution >= 4 is 17.5 Å². The SMILES string of the molecule is C[C@@H]1C[C@H]1C(=O)N1C[C@@H](C(=O)N2CCCCC2)Oc2ccccc21. The summed E-state index contributed by atoms with van der Waals surface area (Å²) in [5, 5.41) is 0. The van der Waals surface area contributed by atoms with Crippen LogP contribution in [0.3, 0.4) is 0 Å². The smallest absolute Gasteiger partial charge is 0.265 e. The molecule has 3 atom stereocenters. The summed E-state index contributed by atoms with van der Waals surface area (Å²) in [6.45, 7) is 4.03. The van der Waals surface area contributed by atoms with E-state index < -0.39 is 6.10 Å². The second-order valence-electron chi connectivity index (χ2n) is 7.23. The van der Waals surface area contributed by atoms with E-state index in [4.69, 9.17) is 4.74 Å². The van der Waals surface area contributed by atoms with Gasteiger partial charge in [0.2, 0.25) is 5.91 Å². The molecule has 1 saturated heterocycles.